The summed E-state index contributed by atoms with van der Waals surface area (Å²) in [6, 6.07) is 9.89. The van der Waals surface area contributed by atoms with Gasteiger partial charge >= 0.3 is 4.87 Å². The number of thiazole rings is 1. The predicted octanol–water partition coefficient (Wildman–Crippen LogP) is 1.64. The zero-order chi connectivity index (χ0) is 21.3. The van der Waals surface area contributed by atoms with E-state index in [-0.39, 0.29) is 48.5 Å². The minimum atomic E-state index is -3.73. The summed E-state index contributed by atoms with van der Waals surface area (Å²) in [4.78, 5) is 27.8. The molecule has 2 aromatic carbocycles. The van der Waals surface area contributed by atoms with Gasteiger partial charge in [0.05, 0.1) is 15.1 Å². The topological polar surface area (TPSA) is 99.8 Å². The maximum Gasteiger partial charge on any atom is 0.305 e. The summed E-state index contributed by atoms with van der Waals surface area (Å²) in [5.74, 6) is -0.279. The lowest BCUT2D eigenvalue weighted by Crippen LogP contribution is -2.51. The van der Waals surface area contributed by atoms with Gasteiger partial charge in [0.2, 0.25) is 10.0 Å². The molecule has 4 rings (SSSR count). The molecule has 0 saturated carbocycles. The zero-order valence-electron chi connectivity index (χ0n) is 15.7. The number of carbonyl (C=O) groups is 1. The molecular formula is C19H18FN3O5S2. The van der Waals surface area contributed by atoms with Gasteiger partial charge in [0.25, 0.3) is 5.91 Å². The molecule has 1 aliphatic heterocycles. The Hall–Kier alpha value is -2.76. The van der Waals surface area contributed by atoms with E-state index in [1.165, 1.54) is 45.6 Å². The number of aromatic nitrogens is 1. The molecule has 1 fully saturated rings. The fourth-order valence-corrected chi connectivity index (χ4v) is 5.48. The van der Waals surface area contributed by atoms with Gasteiger partial charge in [-0.05, 0) is 42.5 Å². The zero-order valence-corrected chi connectivity index (χ0v) is 17.3. The van der Waals surface area contributed by atoms with Crippen LogP contribution in [0.1, 0.15) is 0 Å². The molecular weight excluding hydrogens is 433 g/mol. The molecule has 11 heteroatoms. The summed E-state index contributed by atoms with van der Waals surface area (Å²) in [6.45, 7) is 0.592. The number of fused-ring (bicyclic) bond motifs is 1. The Morgan fingerprint density at radius 1 is 1.10 bits per heavy atom. The highest BCUT2D eigenvalue weighted by Gasteiger charge is 2.30. The molecule has 1 amide bonds. The smallest absolute Gasteiger partial charge is 0.305 e. The molecule has 1 N–H and O–H groups in total. The van der Waals surface area contributed by atoms with E-state index in [2.05, 4.69) is 4.98 Å². The van der Waals surface area contributed by atoms with Crippen molar-refractivity contribution in [2.45, 2.75) is 4.90 Å². The number of nitrogens with one attached hydrogen (secondary N) is 1. The van der Waals surface area contributed by atoms with Crippen molar-refractivity contribution >= 4 is 37.5 Å². The lowest BCUT2D eigenvalue weighted by Gasteiger charge is -2.34. The van der Waals surface area contributed by atoms with Crippen molar-refractivity contribution in [3.8, 4) is 5.75 Å². The number of H-pyrrole nitrogens is 1. The largest absolute Gasteiger partial charge is 0.484 e. The number of sulfonamides is 1. The van der Waals surface area contributed by atoms with Crippen LogP contribution >= 0.6 is 11.3 Å². The van der Waals surface area contributed by atoms with E-state index in [1.807, 2.05) is 0 Å². The molecule has 0 radical (unpaired) electrons. The maximum atomic E-state index is 12.9. The summed E-state index contributed by atoms with van der Waals surface area (Å²) >= 11 is 0.956. The second-order valence-corrected chi connectivity index (χ2v) is 9.65. The van der Waals surface area contributed by atoms with Crippen LogP contribution in [0.5, 0.6) is 5.75 Å². The molecule has 158 valence electrons. The van der Waals surface area contributed by atoms with Crippen LogP contribution < -0.4 is 9.61 Å². The summed E-state index contributed by atoms with van der Waals surface area (Å²) in [5, 5.41) is 0. The number of hydrogen-bond acceptors (Lipinski definition) is 6. The van der Waals surface area contributed by atoms with Crippen LogP contribution in [-0.4, -0.2) is 61.3 Å². The van der Waals surface area contributed by atoms with Crippen molar-refractivity contribution in [2.75, 3.05) is 32.8 Å². The van der Waals surface area contributed by atoms with E-state index >= 15 is 0 Å². The van der Waals surface area contributed by atoms with E-state index < -0.39 is 15.8 Å². The first-order chi connectivity index (χ1) is 14.3. The predicted molar refractivity (Wildman–Crippen MR) is 110 cm³/mol. The van der Waals surface area contributed by atoms with E-state index in [0.29, 0.717) is 16.0 Å². The van der Waals surface area contributed by atoms with Gasteiger partial charge < -0.3 is 14.6 Å². The summed E-state index contributed by atoms with van der Waals surface area (Å²) < 4.78 is 46.1. The molecule has 1 aromatic heterocycles. The second-order valence-electron chi connectivity index (χ2n) is 6.70. The summed E-state index contributed by atoms with van der Waals surface area (Å²) in [5.41, 5.74) is 0.598. The van der Waals surface area contributed by atoms with Crippen LogP contribution in [-0.2, 0) is 14.8 Å². The first kappa shape index (κ1) is 20.5. The number of ether oxygens (including phenoxy) is 1. The Kier molecular flexibility index (Phi) is 5.58. The maximum absolute atomic E-state index is 12.9. The lowest BCUT2D eigenvalue weighted by molar-refractivity contribution is -0.134. The van der Waals surface area contributed by atoms with Gasteiger partial charge in [0.15, 0.2) is 6.61 Å². The van der Waals surface area contributed by atoms with Crippen molar-refractivity contribution < 1.29 is 22.3 Å². The van der Waals surface area contributed by atoms with Crippen LogP contribution in [0.3, 0.4) is 0 Å². The standard InChI is InChI=1S/C19H18FN3O5S2/c20-13-1-3-14(4-2-13)28-12-18(24)22-7-9-23(10-8-22)30(26,27)15-5-6-16-17(11-15)29-19(25)21-16/h1-6,11H,7-10,12H2,(H,21,25). The van der Waals surface area contributed by atoms with Gasteiger partial charge in [0, 0.05) is 26.2 Å². The molecule has 3 aromatic rings. The van der Waals surface area contributed by atoms with Crippen LogP contribution in [0.2, 0.25) is 0 Å². The van der Waals surface area contributed by atoms with Gasteiger partial charge in [-0.25, -0.2) is 12.8 Å². The normalized spacial score (nSPS) is 15.4. The summed E-state index contributed by atoms with van der Waals surface area (Å²) in [7, 11) is -3.73. The van der Waals surface area contributed by atoms with Crippen LogP contribution in [0.25, 0.3) is 10.2 Å². The van der Waals surface area contributed by atoms with Gasteiger partial charge in [-0.3, -0.25) is 9.59 Å². The molecule has 0 bridgehead atoms. The van der Waals surface area contributed by atoms with E-state index in [1.54, 1.807) is 6.07 Å². The number of piperazine rings is 1. The molecule has 0 aliphatic carbocycles. The molecule has 1 saturated heterocycles. The average molecular weight is 452 g/mol. The number of amides is 1. The summed E-state index contributed by atoms with van der Waals surface area (Å²) in [6.07, 6.45) is 0. The Morgan fingerprint density at radius 3 is 2.50 bits per heavy atom. The molecule has 1 aliphatic rings. The van der Waals surface area contributed by atoms with Crippen LogP contribution in [0.4, 0.5) is 4.39 Å². The van der Waals surface area contributed by atoms with E-state index in [4.69, 9.17) is 4.74 Å². The van der Waals surface area contributed by atoms with E-state index in [0.717, 1.165) is 11.3 Å². The van der Waals surface area contributed by atoms with Gasteiger partial charge in [-0.2, -0.15) is 4.31 Å². The number of rotatable bonds is 5. The highest BCUT2D eigenvalue weighted by Crippen LogP contribution is 2.23. The number of carbonyl (C=O) groups excluding carboxylic acids is 1. The number of benzene rings is 2. The van der Waals surface area contributed by atoms with Crippen molar-refractivity contribution in [2.24, 2.45) is 0 Å². The fraction of sp³-hybridized carbons (Fsp3) is 0.263. The van der Waals surface area contributed by atoms with Gasteiger partial charge in [0.1, 0.15) is 11.6 Å². The Bertz CT molecular complexity index is 1230. The van der Waals surface area contributed by atoms with Crippen molar-refractivity contribution in [3.63, 3.8) is 0 Å². The first-order valence-electron chi connectivity index (χ1n) is 9.12. The highest BCUT2D eigenvalue weighted by atomic mass is 32.2. The van der Waals surface area contributed by atoms with Crippen molar-refractivity contribution in [3.05, 3.63) is 57.9 Å². The lowest BCUT2D eigenvalue weighted by atomic mass is 10.3. The monoisotopic (exact) mass is 451 g/mol. The van der Waals surface area contributed by atoms with Gasteiger partial charge in [-0.15, -0.1) is 0 Å². The number of halogens is 1. The minimum Gasteiger partial charge on any atom is -0.484 e. The third kappa shape index (κ3) is 4.23. The van der Waals surface area contributed by atoms with Crippen molar-refractivity contribution in [1.29, 1.82) is 0 Å². The fourth-order valence-electron chi connectivity index (χ4n) is 3.18. The van der Waals surface area contributed by atoms with E-state index in [9.17, 15) is 22.4 Å². The third-order valence-electron chi connectivity index (χ3n) is 4.80. The Labute approximate surface area is 175 Å². The van der Waals surface area contributed by atoms with Gasteiger partial charge in [-0.1, -0.05) is 11.3 Å². The Morgan fingerprint density at radius 2 is 1.80 bits per heavy atom. The first-order valence-corrected chi connectivity index (χ1v) is 11.4. The molecule has 0 spiro atoms. The quantitative estimate of drug-likeness (QED) is 0.636. The Balaban J connectivity index is 1.37. The molecule has 0 unspecified atom stereocenters. The molecule has 0 atom stereocenters. The van der Waals surface area contributed by atoms with Crippen LogP contribution in [0.15, 0.2) is 52.2 Å². The molecule has 8 nitrogen and oxygen atoms in total. The molecule has 2 heterocycles. The van der Waals surface area contributed by atoms with Crippen LogP contribution in [0, 0.1) is 5.82 Å². The average Bonchev–Trinajstić information content (AvgIpc) is 3.12. The minimum absolute atomic E-state index is 0.115. The highest BCUT2D eigenvalue weighted by molar-refractivity contribution is 7.89. The number of hydrogen-bond donors (Lipinski definition) is 1. The second kappa shape index (κ2) is 8.17. The van der Waals surface area contributed by atoms with Crippen molar-refractivity contribution in [1.82, 2.24) is 14.2 Å². The number of aromatic amines is 1. The number of nitrogens with zero attached hydrogens (tertiary/aromatic N) is 2. The SMILES string of the molecule is O=C(COc1ccc(F)cc1)N1CCN(S(=O)(=O)c2ccc3[nH]c(=O)sc3c2)CC1. The molecule has 30 heavy (non-hydrogen) atoms. The third-order valence-corrected chi connectivity index (χ3v) is 7.54.